The van der Waals surface area contributed by atoms with Crippen LogP contribution in [0.25, 0.3) is 0 Å². The number of aromatic nitrogens is 1. The van der Waals surface area contributed by atoms with Crippen LogP contribution < -0.4 is 5.73 Å². The number of rotatable bonds is 5. The fourth-order valence-electron chi connectivity index (χ4n) is 2.16. The van der Waals surface area contributed by atoms with Crippen LogP contribution in [-0.2, 0) is 6.54 Å². The fraction of sp³-hybridized carbons (Fsp3) is 0.357. The maximum absolute atomic E-state index is 6.27. The molecule has 0 aliphatic rings. The van der Waals surface area contributed by atoms with Gasteiger partial charge in [0.1, 0.15) is 0 Å². The van der Waals surface area contributed by atoms with Gasteiger partial charge >= 0.3 is 0 Å². The second-order valence-electron chi connectivity index (χ2n) is 4.69. The summed E-state index contributed by atoms with van der Waals surface area (Å²) in [7, 11) is 2.02. The summed E-state index contributed by atoms with van der Waals surface area (Å²) >= 11 is 13.9. The molecule has 108 valence electrons. The number of hydrogen-bond donors (Lipinski definition) is 1. The molecule has 0 aliphatic carbocycles. The van der Waals surface area contributed by atoms with Gasteiger partial charge < -0.3 is 5.73 Å². The molecule has 1 aromatic carbocycles. The predicted molar refractivity (Wildman–Crippen MR) is 86.6 cm³/mol. The lowest BCUT2D eigenvalue weighted by Gasteiger charge is -2.27. The Morgan fingerprint density at radius 3 is 2.70 bits per heavy atom. The Kier molecular flexibility index (Phi) is 5.41. The third kappa shape index (κ3) is 3.71. The average Bonchev–Trinajstić information content (AvgIpc) is 2.78. The second-order valence-corrected chi connectivity index (χ2v) is 6.60. The van der Waals surface area contributed by atoms with Crippen LogP contribution in [0.15, 0.2) is 23.6 Å². The number of nitrogens with zero attached hydrogens (tertiary/aromatic N) is 2. The van der Waals surface area contributed by atoms with Crippen molar-refractivity contribution in [2.75, 3.05) is 13.6 Å². The summed E-state index contributed by atoms with van der Waals surface area (Å²) in [5.41, 5.74) is 7.97. The van der Waals surface area contributed by atoms with Crippen molar-refractivity contribution in [2.24, 2.45) is 5.73 Å². The highest BCUT2D eigenvalue weighted by atomic mass is 35.5. The molecule has 20 heavy (non-hydrogen) atoms. The number of aryl methyl sites for hydroxylation is 1. The van der Waals surface area contributed by atoms with Crippen LogP contribution in [0.3, 0.4) is 0 Å². The molecule has 1 atom stereocenters. The van der Waals surface area contributed by atoms with Crippen molar-refractivity contribution < 1.29 is 0 Å². The number of nitrogens with two attached hydrogens (primary N) is 1. The zero-order valence-corrected chi connectivity index (χ0v) is 13.8. The molecule has 2 aromatic rings. The zero-order valence-electron chi connectivity index (χ0n) is 11.4. The fourth-order valence-corrected chi connectivity index (χ4v) is 3.30. The third-order valence-electron chi connectivity index (χ3n) is 3.15. The van der Waals surface area contributed by atoms with E-state index in [2.05, 4.69) is 15.3 Å². The van der Waals surface area contributed by atoms with E-state index in [1.807, 2.05) is 26.1 Å². The van der Waals surface area contributed by atoms with Crippen LogP contribution in [0.1, 0.15) is 22.3 Å². The maximum Gasteiger partial charge on any atom is 0.0897 e. The molecule has 0 spiro atoms. The van der Waals surface area contributed by atoms with Crippen LogP contribution >= 0.6 is 34.5 Å². The van der Waals surface area contributed by atoms with Crippen molar-refractivity contribution in [1.82, 2.24) is 9.88 Å². The number of benzene rings is 1. The Morgan fingerprint density at radius 2 is 2.15 bits per heavy atom. The summed E-state index contributed by atoms with van der Waals surface area (Å²) in [5.74, 6) is 0. The van der Waals surface area contributed by atoms with Crippen LogP contribution in [0.5, 0.6) is 0 Å². The van der Waals surface area contributed by atoms with Crippen molar-refractivity contribution in [3.63, 3.8) is 0 Å². The van der Waals surface area contributed by atoms with Crippen LogP contribution in [0.4, 0.5) is 0 Å². The minimum atomic E-state index is 0.0433. The van der Waals surface area contributed by atoms with Gasteiger partial charge in [-0.3, -0.25) is 4.90 Å². The molecule has 6 heteroatoms. The summed E-state index contributed by atoms with van der Waals surface area (Å²) < 4.78 is 0. The average molecular weight is 330 g/mol. The normalized spacial score (nSPS) is 12.9. The van der Waals surface area contributed by atoms with Gasteiger partial charge in [0.2, 0.25) is 0 Å². The quantitative estimate of drug-likeness (QED) is 0.904. The Bertz CT molecular complexity index is 586. The van der Waals surface area contributed by atoms with E-state index < -0.39 is 0 Å². The molecule has 3 nitrogen and oxygen atoms in total. The first-order valence-corrected chi connectivity index (χ1v) is 7.91. The van der Waals surface area contributed by atoms with Crippen LogP contribution in [0.2, 0.25) is 10.0 Å². The standard InChI is InChI=1S/C14H17Cl2N3S/c1-9-18-11(8-20-9)7-19(2)14(6-17)12-4-3-10(15)5-13(12)16/h3-5,8,14H,6-7,17H2,1-2H3. The van der Waals surface area contributed by atoms with Crippen LogP contribution in [-0.4, -0.2) is 23.5 Å². The molecule has 0 radical (unpaired) electrons. The van der Waals surface area contributed by atoms with Gasteiger partial charge in [-0.2, -0.15) is 0 Å². The van der Waals surface area contributed by atoms with Gasteiger partial charge in [0.15, 0.2) is 0 Å². The van der Waals surface area contributed by atoms with Crippen molar-refractivity contribution in [1.29, 1.82) is 0 Å². The molecule has 2 N–H and O–H groups in total. The summed E-state index contributed by atoms with van der Waals surface area (Å²) in [6.07, 6.45) is 0. The number of likely N-dealkylation sites (N-methyl/N-ethyl adjacent to an activating group) is 1. The van der Waals surface area contributed by atoms with Gasteiger partial charge in [0, 0.05) is 34.6 Å². The van der Waals surface area contributed by atoms with Crippen molar-refractivity contribution in [3.05, 3.63) is 49.9 Å². The first kappa shape index (κ1) is 15.7. The van der Waals surface area contributed by atoms with E-state index >= 15 is 0 Å². The lowest BCUT2D eigenvalue weighted by molar-refractivity contribution is 0.239. The van der Waals surface area contributed by atoms with Gasteiger partial charge in [-0.05, 0) is 31.7 Å². The smallest absolute Gasteiger partial charge is 0.0897 e. The largest absolute Gasteiger partial charge is 0.329 e. The van der Waals surface area contributed by atoms with Crippen molar-refractivity contribution in [2.45, 2.75) is 19.5 Å². The molecule has 0 saturated carbocycles. The van der Waals surface area contributed by atoms with E-state index in [0.717, 1.165) is 22.8 Å². The van der Waals surface area contributed by atoms with Crippen molar-refractivity contribution >= 4 is 34.5 Å². The van der Waals surface area contributed by atoms with Gasteiger partial charge in [-0.1, -0.05) is 29.3 Å². The third-order valence-corrected chi connectivity index (χ3v) is 4.54. The van der Waals surface area contributed by atoms with E-state index in [-0.39, 0.29) is 6.04 Å². The van der Waals surface area contributed by atoms with E-state index in [0.29, 0.717) is 16.6 Å². The minimum Gasteiger partial charge on any atom is -0.329 e. The minimum absolute atomic E-state index is 0.0433. The number of thiazole rings is 1. The molecule has 1 unspecified atom stereocenters. The molecule has 0 aliphatic heterocycles. The Labute approximate surface area is 133 Å². The molecule has 0 amide bonds. The first-order chi connectivity index (χ1) is 9.51. The van der Waals surface area contributed by atoms with Gasteiger partial charge in [-0.15, -0.1) is 11.3 Å². The molecular formula is C14H17Cl2N3S. The highest BCUT2D eigenvalue weighted by molar-refractivity contribution is 7.09. The topological polar surface area (TPSA) is 42.2 Å². The number of hydrogen-bond acceptors (Lipinski definition) is 4. The molecular weight excluding hydrogens is 313 g/mol. The van der Waals surface area contributed by atoms with Crippen LogP contribution in [0, 0.1) is 6.92 Å². The Morgan fingerprint density at radius 1 is 1.40 bits per heavy atom. The zero-order chi connectivity index (χ0) is 14.7. The maximum atomic E-state index is 6.27. The molecule has 0 bridgehead atoms. The molecule has 1 aromatic heterocycles. The Hall–Kier alpha value is -0.650. The second kappa shape index (κ2) is 6.87. The number of halogens is 2. The SMILES string of the molecule is Cc1nc(CN(C)C(CN)c2ccc(Cl)cc2Cl)cs1. The van der Waals surface area contributed by atoms with E-state index in [1.54, 1.807) is 17.4 Å². The van der Waals surface area contributed by atoms with Gasteiger partial charge in [0.05, 0.1) is 10.7 Å². The Balaban J connectivity index is 2.18. The highest BCUT2D eigenvalue weighted by Gasteiger charge is 2.19. The lowest BCUT2D eigenvalue weighted by atomic mass is 10.1. The van der Waals surface area contributed by atoms with Crippen molar-refractivity contribution in [3.8, 4) is 0 Å². The molecule has 0 fully saturated rings. The molecule has 2 rings (SSSR count). The summed E-state index contributed by atoms with van der Waals surface area (Å²) in [4.78, 5) is 6.64. The molecule has 0 saturated heterocycles. The summed E-state index contributed by atoms with van der Waals surface area (Å²) in [5, 5.41) is 4.42. The highest BCUT2D eigenvalue weighted by Crippen LogP contribution is 2.29. The summed E-state index contributed by atoms with van der Waals surface area (Å²) in [6.45, 7) is 3.23. The van der Waals surface area contributed by atoms with E-state index in [9.17, 15) is 0 Å². The van der Waals surface area contributed by atoms with E-state index in [4.69, 9.17) is 28.9 Å². The van der Waals surface area contributed by atoms with Gasteiger partial charge in [0.25, 0.3) is 0 Å². The molecule has 1 heterocycles. The first-order valence-electron chi connectivity index (χ1n) is 6.27. The van der Waals surface area contributed by atoms with Gasteiger partial charge in [-0.25, -0.2) is 4.98 Å². The predicted octanol–water partition coefficient (Wildman–Crippen LogP) is 3.89. The lowest BCUT2D eigenvalue weighted by Crippen LogP contribution is -2.30. The monoisotopic (exact) mass is 329 g/mol. The summed E-state index contributed by atoms with van der Waals surface area (Å²) in [6, 6.07) is 5.57. The van der Waals surface area contributed by atoms with E-state index in [1.165, 1.54) is 0 Å².